The van der Waals surface area contributed by atoms with Gasteiger partial charge in [-0.05, 0) is 37.8 Å². The van der Waals surface area contributed by atoms with Crippen LogP contribution < -0.4 is 11.1 Å². The topological polar surface area (TPSA) is 80.9 Å². The number of aryl methyl sites for hydroxylation is 1. The summed E-state index contributed by atoms with van der Waals surface area (Å²) in [5.41, 5.74) is 4.84. The fourth-order valence-electron chi connectivity index (χ4n) is 1.71. The van der Waals surface area contributed by atoms with Gasteiger partial charge in [0.1, 0.15) is 5.82 Å². The Bertz CT molecular complexity index is 410. The lowest BCUT2D eigenvalue weighted by molar-refractivity contribution is -0.124. The minimum absolute atomic E-state index is 0.288. The number of hydrogen-bond donors (Lipinski definition) is 2. The van der Waals surface area contributed by atoms with Crippen LogP contribution >= 0.6 is 23.3 Å². The normalized spacial score (nSPS) is 14.3. The van der Waals surface area contributed by atoms with Crippen LogP contribution in [0, 0.1) is 0 Å². The third kappa shape index (κ3) is 5.08. The third-order valence-electron chi connectivity index (χ3n) is 2.92. The van der Waals surface area contributed by atoms with Crippen molar-refractivity contribution in [3.05, 3.63) is 5.82 Å². The molecule has 0 spiro atoms. The zero-order valence-electron chi connectivity index (χ0n) is 11.7. The molecule has 0 bridgehead atoms. The van der Waals surface area contributed by atoms with E-state index in [2.05, 4.69) is 14.7 Å². The molecule has 1 amide bonds. The first-order valence-corrected chi connectivity index (χ1v) is 8.28. The molecular formula is C12H22N4OS2. The van der Waals surface area contributed by atoms with Crippen LogP contribution in [0.1, 0.15) is 39.4 Å². The van der Waals surface area contributed by atoms with Crippen molar-refractivity contribution in [3.8, 4) is 0 Å². The first-order chi connectivity index (χ1) is 9.01. The van der Waals surface area contributed by atoms with E-state index in [4.69, 9.17) is 5.73 Å². The summed E-state index contributed by atoms with van der Waals surface area (Å²) >= 11 is 3.14. The Balaban J connectivity index is 2.34. The summed E-state index contributed by atoms with van der Waals surface area (Å²) in [4.78, 5) is 15.8. The van der Waals surface area contributed by atoms with Crippen LogP contribution in [0.3, 0.4) is 0 Å². The molecule has 1 unspecified atom stereocenters. The molecule has 0 saturated heterocycles. The Kier molecular flexibility index (Phi) is 6.74. The standard InChI is InChI=1S/C12H22N4OS2/c1-4-9-15-11(19-16-9)18-8-6-7-12(3,10(13)17)14-5-2/h14H,4-8H2,1-3H3,(H2,13,17). The maximum Gasteiger partial charge on any atom is 0.237 e. The van der Waals surface area contributed by atoms with Crippen LogP contribution in [0.25, 0.3) is 0 Å². The summed E-state index contributed by atoms with van der Waals surface area (Å²) in [6.07, 6.45) is 2.53. The number of carbonyl (C=O) groups excluding carboxylic acids is 1. The van der Waals surface area contributed by atoms with E-state index in [1.165, 1.54) is 11.5 Å². The number of hydrogen-bond acceptors (Lipinski definition) is 6. The van der Waals surface area contributed by atoms with Crippen LogP contribution in [-0.4, -0.2) is 33.1 Å². The highest BCUT2D eigenvalue weighted by atomic mass is 32.2. The van der Waals surface area contributed by atoms with Crippen molar-refractivity contribution >= 4 is 29.2 Å². The van der Waals surface area contributed by atoms with Crippen molar-refractivity contribution in [2.75, 3.05) is 12.3 Å². The molecule has 0 aliphatic heterocycles. The van der Waals surface area contributed by atoms with Gasteiger partial charge in [-0.3, -0.25) is 4.79 Å². The van der Waals surface area contributed by atoms with Crippen molar-refractivity contribution < 1.29 is 4.79 Å². The summed E-state index contributed by atoms with van der Waals surface area (Å²) in [6.45, 7) is 6.63. The van der Waals surface area contributed by atoms with Gasteiger partial charge in [-0.25, -0.2) is 4.98 Å². The summed E-state index contributed by atoms with van der Waals surface area (Å²) in [7, 11) is 0. The number of nitrogens with one attached hydrogen (secondary N) is 1. The van der Waals surface area contributed by atoms with Gasteiger partial charge < -0.3 is 11.1 Å². The number of thioether (sulfide) groups is 1. The smallest absolute Gasteiger partial charge is 0.237 e. The maximum atomic E-state index is 11.5. The van der Waals surface area contributed by atoms with E-state index in [0.717, 1.165) is 41.7 Å². The van der Waals surface area contributed by atoms with E-state index in [-0.39, 0.29) is 5.91 Å². The van der Waals surface area contributed by atoms with Crippen LogP contribution in [0.15, 0.2) is 4.34 Å². The van der Waals surface area contributed by atoms with Crippen molar-refractivity contribution in [2.24, 2.45) is 5.73 Å². The van der Waals surface area contributed by atoms with Crippen LogP contribution in [-0.2, 0) is 11.2 Å². The Hall–Kier alpha value is -0.660. The highest BCUT2D eigenvalue weighted by molar-refractivity contribution is 8.00. The van der Waals surface area contributed by atoms with E-state index in [9.17, 15) is 4.79 Å². The monoisotopic (exact) mass is 302 g/mol. The molecule has 1 aromatic heterocycles. The van der Waals surface area contributed by atoms with Gasteiger partial charge in [0, 0.05) is 12.2 Å². The second kappa shape index (κ2) is 7.81. The Morgan fingerprint density at radius 3 is 2.79 bits per heavy atom. The van der Waals surface area contributed by atoms with Crippen LogP contribution in [0.2, 0.25) is 0 Å². The summed E-state index contributed by atoms with van der Waals surface area (Å²) < 4.78 is 5.24. The lowest BCUT2D eigenvalue weighted by atomic mass is 9.95. The number of rotatable bonds is 9. The molecule has 108 valence electrons. The molecule has 1 aromatic rings. The van der Waals surface area contributed by atoms with Crippen molar-refractivity contribution in [3.63, 3.8) is 0 Å². The molecule has 0 saturated carbocycles. The maximum absolute atomic E-state index is 11.5. The predicted octanol–water partition coefficient (Wildman–Crippen LogP) is 1.83. The predicted molar refractivity (Wildman–Crippen MR) is 80.5 cm³/mol. The number of carbonyl (C=O) groups is 1. The fourth-order valence-corrected chi connectivity index (χ4v) is 3.42. The van der Waals surface area contributed by atoms with E-state index < -0.39 is 5.54 Å². The fraction of sp³-hybridized carbons (Fsp3) is 0.750. The van der Waals surface area contributed by atoms with Crippen molar-refractivity contribution in [1.29, 1.82) is 0 Å². The molecule has 0 aliphatic carbocycles. The van der Waals surface area contributed by atoms with E-state index >= 15 is 0 Å². The molecule has 1 rings (SSSR count). The summed E-state index contributed by atoms with van der Waals surface area (Å²) in [6, 6.07) is 0. The number of aromatic nitrogens is 2. The number of amides is 1. The molecule has 0 aliphatic rings. The number of nitrogens with zero attached hydrogens (tertiary/aromatic N) is 2. The molecule has 0 radical (unpaired) electrons. The van der Waals surface area contributed by atoms with Crippen LogP contribution in [0.5, 0.6) is 0 Å². The molecule has 3 N–H and O–H groups in total. The SMILES string of the molecule is CCNC(C)(CCCSc1nc(CC)ns1)C(N)=O. The second-order valence-corrected chi connectivity index (χ2v) is 6.60. The minimum atomic E-state index is -0.606. The molecular weight excluding hydrogens is 280 g/mol. The van der Waals surface area contributed by atoms with Gasteiger partial charge in [0.05, 0.1) is 5.54 Å². The van der Waals surface area contributed by atoms with Gasteiger partial charge in [-0.2, -0.15) is 4.37 Å². The molecule has 0 fully saturated rings. The average Bonchev–Trinajstić information content (AvgIpc) is 2.83. The molecule has 1 atom stereocenters. The Labute approximate surface area is 122 Å². The van der Waals surface area contributed by atoms with Gasteiger partial charge in [0.25, 0.3) is 0 Å². The third-order valence-corrected chi connectivity index (χ3v) is 4.88. The first-order valence-electron chi connectivity index (χ1n) is 6.52. The Morgan fingerprint density at radius 2 is 2.26 bits per heavy atom. The van der Waals surface area contributed by atoms with Gasteiger partial charge in [0.15, 0.2) is 4.34 Å². The highest BCUT2D eigenvalue weighted by Crippen LogP contribution is 2.23. The van der Waals surface area contributed by atoms with E-state index in [1.807, 2.05) is 20.8 Å². The largest absolute Gasteiger partial charge is 0.368 e. The lowest BCUT2D eigenvalue weighted by Gasteiger charge is -2.26. The second-order valence-electron chi connectivity index (χ2n) is 4.51. The molecule has 7 heteroatoms. The van der Waals surface area contributed by atoms with Crippen molar-refractivity contribution in [1.82, 2.24) is 14.7 Å². The molecule has 5 nitrogen and oxygen atoms in total. The van der Waals surface area contributed by atoms with E-state index in [1.54, 1.807) is 11.8 Å². The zero-order valence-corrected chi connectivity index (χ0v) is 13.4. The summed E-state index contributed by atoms with van der Waals surface area (Å²) in [5, 5.41) is 3.16. The number of nitrogens with two attached hydrogens (primary N) is 1. The molecule has 1 heterocycles. The number of likely N-dealkylation sites (N-methyl/N-ethyl adjacent to an activating group) is 1. The molecule has 0 aromatic carbocycles. The van der Waals surface area contributed by atoms with Gasteiger partial charge in [-0.1, -0.05) is 25.6 Å². The first kappa shape index (κ1) is 16.4. The van der Waals surface area contributed by atoms with Gasteiger partial charge in [0.2, 0.25) is 5.91 Å². The minimum Gasteiger partial charge on any atom is -0.368 e. The zero-order chi connectivity index (χ0) is 14.3. The highest BCUT2D eigenvalue weighted by Gasteiger charge is 2.28. The van der Waals surface area contributed by atoms with Crippen LogP contribution in [0.4, 0.5) is 0 Å². The van der Waals surface area contributed by atoms with E-state index in [0.29, 0.717) is 0 Å². The van der Waals surface area contributed by atoms with Gasteiger partial charge in [-0.15, -0.1) is 0 Å². The van der Waals surface area contributed by atoms with Crippen molar-refractivity contribution in [2.45, 2.75) is 49.9 Å². The van der Waals surface area contributed by atoms with Gasteiger partial charge >= 0.3 is 0 Å². The molecule has 19 heavy (non-hydrogen) atoms. The number of primary amides is 1. The summed E-state index contributed by atoms with van der Waals surface area (Å²) in [5.74, 6) is 1.54. The average molecular weight is 302 g/mol. The lowest BCUT2D eigenvalue weighted by Crippen LogP contribution is -2.53. The quantitative estimate of drug-likeness (QED) is 0.537. The Morgan fingerprint density at radius 1 is 1.53 bits per heavy atom.